The molecule has 5 nitrogen and oxygen atoms in total. The molecule has 28 heavy (non-hydrogen) atoms. The topological polar surface area (TPSA) is 72.5 Å². The molecule has 0 saturated heterocycles. The molecule has 0 bridgehead atoms. The molecule has 148 valence electrons. The molecule has 0 spiro atoms. The molecule has 0 saturated carbocycles. The van der Waals surface area contributed by atoms with Crippen LogP contribution in [0, 0.1) is 13.8 Å². The number of halogens is 1. The first-order valence-corrected chi connectivity index (χ1v) is 9.40. The van der Waals surface area contributed by atoms with Crippen LogP contribution < -0.4 is 5.32 Å². The van der Waals surface area contributed by atoms with Crippen LogP contribution in [0.25, 0.3) is 0 Å². The molecule has 2 aromatic carbocycles. The summed E-state index contributed by atoms with van der Waals surface area (Å²) in [5, 5.41) is 3.24. The van der Waals surface area contributed by atoms with E-state index in [2.05, 4.69) is 5.32 Å². The SMILES string of the molecule is COC(=O)C[C@@H](NC(=O)CCC(=O)c1ccc(C)c(C)c1)c1ccccc1Cl. The number of aryl methyl sites for hydroxylation is 2. The molecule has 0 unspecified atom stereocenters. The fourth-order valence-electron chi connectivity index (χ4n) is 2.80. The van der Waals surface area contributed by atoms with E-state index in [9.17, 15) is 14.4 Å². The van der Waals surface area contributed by atoms with Crippen LogP contribution in [0.1, 0.15) is 52.4 Å². The summed E-state index contributed by atoms with van der Waals surface area (Å²) in [4.78, 5) is 36.5. The largest absolute Gasteiger partial charge is 0.469 e. The number of methoxy groups -OCH3 is 1. The Morgan fingerprint density at radius 1 is 1.04 bits per heavy atom. The zero-order valence-corrected chi connectivity index (χ0v) is 17.0. The van der Waals surface area contributed by atoms with E-state index in [0.717, 1.165) is 11.1 Å². The van der Waals surface area contributed by atoms with Crippen LogP contribution >= 0.6 is 11.6 Å². The molecule has 0 radical (unpaired) electrons. The molecular formula is C22H24ClNO4. The minimum Gasteiger partial charge on any atom is -0.469 e. The molecule has 0 aliphatic heterocycles. The van der Waals surface area contributed by atoms with Gasteiger partial charge in [-0.1, -0.05) is 41.9 Å². The van der Waals surface area contributed by atoms with Gasteiger partial charge in [0.1, 0.15) is 0 Å². The van der Waals surface area contributed by atoms with Crippen molar-refractivity contribution >= 4 is 29.3 Å². The maximum Gasteiger partial charge on any atom is 0.307 e. The van der Waals surface area contributed by atoms with E-state index >= 15 is 0 Å². The van der Waals surface area contributed by atoms with Crippen LogP contribution in [0.3, 0.4) is 0 Å². The van der Waals surface area contributed by atoms with Crippen molar-refractivity contribution in [2.24, 2.45) is 0 Å². The van der Waals surface area contributed by atoms with Crippen molar-refractivity contribution < 1.29 is 19.1 Å². The second-order valence-corrected chi connectivity index (χ2v) is 7.05. The van der Waals surface area contributed by atoms with E-state index in [-0.39, 0.29) is 31.0 Å². The van der Waals surface area contributed by atoms with Gasteiger partial charge in [0.25, 0.3) is 0 Å². The van der Waals surface area contributed by atoms with Crippen LogP contribution in [0.15, 0.2) is 42.5 Å². The number of carbonyl (C=O) groups is 3. The number of esters is 1. The van der Waals surface area contributed by atoms with E-state index in [1.54, 1.807) is 30.3 Å². The highest BCUT2D eigenvalue weighted by Crippen LogP contribution is 2.25. The van der Waals surface area contributed by atoms with Crippen LogP contribution in [0.2, 0.25) is 5.02 Å². The van der Waals surface area contributed by atoms with Crippen molar-refractivity contribution in [1.29, 1.82) is 0 Å². The van der Waals surface area contributed by atoms with Gasteiger partial charge in [0.15, 0.2) is 5.78 Å². The van der Waals surface area contributed by atoms with Gasteiger partial charge in [-0.05, 0) is 42.7 Å². The average molecular weight is 402 g/mol. The van der Waals surface area contributed by atoms with E-state index < -0.39 is 12.0 Å². The van der Waals surface area contributed by atoms with E-state index in [1.165, 1.54) is 7.11 Å². The third kappa shape index (κ3) is 5.92. The van der Waals surface area contributed by atoms with E-state index in [1.807, 2.05) is 26.0 Å². The summed E-state index contributed by atoms with van der Waals surface area (Å²) < 4.78 is 4.71. The Labute approximate surface area is 170 Å². The van der Waals surface area contributed by atoms with Gasteiger partial charge in [-0.25, -0.2) is 0 Å². The third-order valence-corrected chi connectivity index (χ3v) is 4.97. The predicted molar refractivity (Wildman–Crippen MR) is 108 cm³/mol. The molecule has 0 aromatic heterocycles. The summed E-state index contributed by atoms with van der Waals surface area (Å²) in [7, 11) is 1.29. The first kappa shape index (κ1) is 21.6. The lowest BCUT2D eigenvalue weighted by Crippen LogP contribution is -2.31. The first-order valence-electron chi connectivity index (χ1n) is 9.03. The normalized spacial score (nSPS) is 11.6. The number of ketones is 1. The number of benzene rings is 2. The Morgan fingerprint density at radius 3 is 2.39 bits per heavy atom. The molecule has 0 fully saturated rings. The zero-order valence-electron chi connectivity index (χ0n) is 16.3. The van der Waals surface area contributed by atoms with Crippen LogP contribution in [0.5, 0.6) is 0 Å². The summed E-state index contributed by atoms with van der Waals surface area (Å²) in [6, 6.07) is 11.9. The van der Waals surface area contributed by atoms with E-state index in [4.69, 9.17) is 16.3 Å². The molecule has 1 amide bonds. The van der Waals surface area contributed by atoms with Crippen LogP contribution in [-0.4, -0.2) is 24.8 Å². The van der Waals surface area contributed by atoms with Crippen molar-refractivity contribution in [2.45, 2.75) is 39.2 Å². The highest BCUT2D eigenvalue weighted by Gasteiger charge is 2.21. The molecular weight excluding hydrogens is 378 g/mol. The smallest absolute Gasteiger partial charge is 0.307 e. The van der Waals surface area contributed by atoms with Gasteiger partial charge >= 0.3 is 5.97 Å². The second kappa shape index (κ2) is 10.0. The lowest BCUT2D eigenvalue weighted by molar-refractivity contribution is -0.141. The van der Waals surface area contributed by atoms with Crippen LogP contribution in [0.4, 0.5) is 0 Å². The number of amides is 1. The quantitative estimate of drug-likeness (QED) is 0.527. The molecule has 2 aromatic rings. The highest BCUT2D eigenvalue weighted by atomic mass is 35.5. The van der Waals surface area contributed by atoms with E-state index in [0.29, 0.717) is 16.1 Å². The number of hydrogen-bond acceptors (Lipinski definition) is 4. The van der Waals surface area contributed by atoms with Crippen molar-refractivity contribution in [3.8, 4) is 0 Å². The van der Waals surface area contributed by atoms with Gasteiger partial charge in [-0.15, -0.1) is 0 Å². The highest BCUT2D eigenvalue weighted by molar-refractivity contribution is 6.31. The van der Waals surface area contributed by atoms with Crippen LogP contribution in [-0.2, 0) is 14.3 Å². The van der Waals surface area contributed by atoms with Crippen molar-refractivity contribution in [3.05, 3.63) is 69.7 Å². The van der Waals surface area contributed by atoms with Gasteiger partial charge < -0.3 is 10.1 Å². The third-order valence-electron chi connectivity index (χ3n) is 4.62. The summed E-state index contributed by atoms with van der Waals surface area (Å²) in [5.74, 6) is -0.886. The van der Waals surface area contributed by atoms with Crippen molar-refractivity contribution in [2.75, 3.05) is 7.11 Å². The molecule has 0 heterocycles. The number of nitrogens with one attached hydrogen (secondary N) is 1. The van der Waals surface area contributed by atoms with Gasteiger partial charge in [-0.2, -0.15) is 0 Å². The molecule has 1 N–H and O–H groups in total. The fraction of sp³-hybridized carbons (Fsp3) is 0.318. The Hall–Kier alpha value is -2.66. The number of Topliss-reactive ketones (excluding diaryl/α,β-unsaturated/α-hetero) is 1. The van der Waals surface area contributed by atoms with Gasteiger partial charge in [0.05, 0.1) is 19.6 Å². The first-order chi connectivity index (χ1) is 13.3. The fourth-order valence-corrected chi connectivity index (χ4v) is 3.07. The second-order valence-electron chi connectivity index (χ2n) is 6.64. The van der Waals surface area contributed by atoms with Gasteiger partial charge in [0, 0.05) is 23.4 Å². The predicted octanol–water partition coefficient (Wildman–Crippen LogP) is 4.34. The number of hydrogen-bond donors (Lipinski definition) is 1. The molecule has 0 aliphatic rings. The average Bonchev–Trinajstić information content (AvgIpc) is 2.68. The Morgan fingerprint density at radius 2 is 1.75 bits per heavy atom. The zero-order chi connectivity index (χ0) is 20.7. The Balaban J connectivity index is 2.02. The minimum atomic E-state index is -0.620. The molecule has 2 rings (SSSR count). The summed E-state index contributed by atoms with van der Waals surface area (Å²) >= 11 is 6.21. The lowest BCUT2D eigenvalue weighted by Gasteiger charge is -2.19. The number of ether oxygens (including phenoxy) is 1. The minimum absolute atomic E-state index is 0.0217. The maximum absolute atomic E-state index is 12.4. The van der Waals surface area contributed by atoms with Gasteiger partial charge in [0.2, 0.25) is 5.91 Å². The van der Waals surface area contributed by atoms with Crippen molar-refractivity contribution in [3.63, 3.8) is 0 Å². The monoisotopic (exact) mass is 401 g/mol. The number of carbonyl (C=O) groups excluding carboxylic acids is 3. The van der Waals surface area contributed by atoms with Crippen molar-refractivity contribution in [1.82, 2.24) is 5.32 Å². The summed E-state index contributed by atoms with van der Waals surface area (Å²) in [5.41, 5.74) is 3.36. The molecule has 0 aliphatic carbocycles. The maximum atomic E-state index is 12.4. The van der Waals surface area contributed by atoms with Gasteiger partial charge in [-0.3, -0.25) is 14.4 Å². The standard InChI is InChI=1S/C22H24ClNO4/c1-14-8-9-16(12-15(14)2)20(25)10-11-21(26)24-19(13-22(27)28-3)17-6-4-5-7-18(17)23/h4-9,12,19H,10-11,13H2,1-3H3,(H,24,26)/t19-/m1/s1. The Bertz CT molecular complexity index is 879. The molecule has 6 heteroatoms. The lowest BCUT2D eigenvalue weighted by atomic mass is 10.0. The Kier molecular flexibility index (Phi) is 7.76. The summed E-state index contributed by atoms with van der Waals surface area (Å²) in [6.45, 7) is 3.92. The number of rotatable bonds is 8. The molecule has 1 atom stereocenters. The summed E-state index contributed by atoms with van der Waals surface area (Å²) in [6.07, 6.45) is 0.0623.